The number of methoxy groups -OCH3 is 1. The molecule has 2 aliphatic carbocycles. The van der Waals surface area contributed by atoms with Gasteiger partial charge >= 0.3 is 0 Å². The van der Waals surface area contributed by atoms with Gasteiger partial charge in [0.2, 0.25) is 0 Å². The second kappa shape index (κ2) is 7.15. The van der Waals surface area contributed by atoms with Crippen molar-refractivity contribution in [3.63, 3.8) is 0 Å². The summed E-state index contributed by atoms with van der Waals surface area (Å²) < 4.78 is 5.57. The number of hydrogen-bond acceptors (Lipinski definition) is 2. The highest BCUT2D eigenvalue weighted by Crippen LogP contribution is 2.56. The number of rotatable bonds is 6. The smallest absolute Gasteiger partial charge is 0.119 e. The van der Waals surface area contributed by atoms with Crippen molar-refractivity contribution < 1.29 is 4.74 Å². The van der Waals surface area contributed by atoms with Crippen LogP contribution in [0.3, 0.4) is 0 Å². The lowest BCUT2D eigenvalue weighted by atomic mass is 9.52. The Bertz CT molecular complexity index is 625. The van der Waals surface area contributed by atoms with Crippen molar-refractivity contribution in [3.8, 4) is 5.75 Å². The summed E-state index contributed by atoms with van der Waals surface area (Å²) in [5.41, 5.74) is 3.67. The Morgan fingerprint density at radius 1 is 1.28 bits per heavy atom. The number of hydrogen-bond donors (Lipinski definition) is 0. The van der Waals surface area contributed by atoms with Crippen molar-refractivity contribution in [1.82, 2.24) is 4.90 Å². The summed E-state index contributed by atoms with van der Waals surface area (Å²) in [5, 5.41) is 0. The molecule has 3 aliphatic rings. The van der Waals surface area contributed by atoms with E-state index in [0.717, 1.165) is 24.1 Å². The molecule has 1 aromatic rings. The summed E-state index contributed by atoms with van der Waals surface area (Å²) in [6, 6.07) is 7.67. The third-order valence-electron chi connectivity index (χ3n) is 7.26. The summed E-state index contributed by atoms with van der Waals surface area (Å²) >= 11 is 0. The van der Waals surface area contributed by atoms with E-state index in [1.165, 1.54) is 64.5 Å². The fraction of sp³-hybridized carbons (Fsp3) is 0.652. The topological polar surface area (TPSA) is 12.5 Å². The molecule has 0 unspecified atom stereocenters. The average molecular weight is 340 g/mol. The standard InChI is InChI=1S/C23H33NO/c1-3-4-5-8-14-24-15-13-23-12-7-6-9-20(23)22(24)16-18-10-11-19(25-2)17-21(18)23/h3,10-11,17,20,22H,1,4-9,12-16H2,2H3/t20-,22+,23+/m1/s1. The molecule has 1 aromatic carbocycles. The largest absolute Gasteiger partial charge is 0.497 e. The molecule has 0 radical (unpaired) electrons. The Balaban J connectivity index is 1.62. The zero-order valence-corrected chi connectivity index (χ0v) is 15.8. The van der Waals surface area contributed by atoms with Crippen LogP contribution in [0.15, 0.2) is 30.9 Å². The van der Waals surface area contributed by atoms with Crippen LogP contribution in [0.2, 0.25) is 0 Å². The quantitative estimate of drug-likeness (QED) is 0.527. The number of benzene rings is 1. The van der Waals surface area contributed by atoms with Crippen LogP contribution in [0.25, 0.3) is 0 Å². The number of ether oxygens (including phenoxy) is 1. The van der Waals surface area contributed by atoms with E-state index in [-0.39, 0.29) is 0 Å². The maximum atomic E-state index is 5.57. The molecule has 0 spiro atoms. The first-order valence-corrected chi connectivity index (χ1v) is 10.3. The van der Waals surface area contributed by atoms with Gasteiger partial charge in [0.15, 0.2) is 0 Å². The van der Waals surface area contributed by atoms with E-state index < -0.39 is 0 Å². The fourth-order valence-corrected chi connectivity index (χ4v) is 6.07. The van der Waals surface area contributed by atoms with Crippen molar-refractivity contribution in [2.75, 3.05) is 20.2 Å². The highest BCUT2D eigenvalue weighted by atomic mass is 16.5. The van der Waals surface area contributed by atoms with E-state index in [1.54, 1.807) is 18.2 Å². The van der Waals surface area contributed by atoms with Gasteiger partial charge in [0, 0.05) is 11.5 Å². The molecule has 3 atom stereocenters. The first kappa shape index (κ1) is 17.1. The molecule has 136 valence electrons. The minimum atomic E-state index is 0.433. The van der Waals surface area contributed by atoms with Crippen molar-refractivity contribution in [2.24, 2.45) is 5.92 Å². The van der Waals surface area contributed by atoms with Crippen LogP contribution < -0.4 is 4.74 Å². The number of unbranched alkanes of at least 4 members (excludes halogenated alkanes) is 2. The average Bonchev–Trinajstić information content (AvgIpc) is 2.66. The molecule has 1 saturated heterocycles. The zero-order chi connectivity index (χ0) is 17.3. The molecule has 1 heterocycles. The molecular formula is C23H33NO. The van der Waals surface area contributed by atoms with Gasteiger partial charge in [0.25, 0.3) is 0 Å². The van der Waals surface area contributed by atoms with Crippen LogP contribution in [0.5, 0.6) is 5.75 Å². The molecule has 1 saturated carbocycles. The van der Waals surface area contributed by atoms with Crippen LogP contribution in [-0.4, -0.2) is 31.1 Å². The highest BCUT2D eigenvalue weighted by Gasteiger charge is 2.53. The summed E-state index contributed by atoms with van der Waals surface area (Å²) in [5.74, 6) is 1.90. The number of piperidine rings is 1. The van der Waals surface area contributed by atoms with Gasteiger partial charge in [0.1, 0.15) is 5.75 Å². The summed E-state index contributed by atoms with van der Waals surface area (Å²) in [6.07, 6.45) is 14.0. The second-order valence-electron chi connectivity index (χ2n) is 8.37. The Hall–Kier alpha value is -1.28. The molecule has 1 aliphatic heterocycles. The molecule has 2 nitrogen and oxygen atoms in total. The van der Waals surface area contributed by atoms with Crippen molar-refractivity contribution in [1.29, 1.82) is 0 Å². The SMILES string of the molecule is C=CCCCCN1CC[C@@]23CCCC[C@@H]2[C@@H]1Cc1ccc(OC)cc13. The maximum Gasteiger partial charge on any atom is 0.119 e. The highest BCUT2D eigenvalue weighted by molar-refractivity contribution is 5.45. The molecular weight excluding hydrogens is 306 g/mol. The first-order valence-electron chi connectivity index (χ1n) is 10.3. The number of likely N-dealkylation sites (tertiary alicyclic amines) is 1. The van der Waals surface area contributed by atoms with Gasteiger partial charge < -0.3 is 4.74 Å². The zero-order valence-electron chi connectivity index (χ0n) is 15.8. The second-order valence-corrected chi connectivity index (χ2v) is 8.37. The number of fused-ring (bicyclic) bond motifs is 1. The fourth-order valence-electron chi connectivity index (χ4n) is 6.07. The minimum absolute atomic E-state index is 0.433. The summed E-state index contributed by atoms with van der Waals surface area (Å²) in [7, 11) is 1.80. The Morgan fingerprint density at radius 2 is 2.20 bits per heavy atom. The van der Waals surface area contributed by atoms with Crippen molar-refractivity contribution in [3.05, 3.63) is 42.0 Å². The third kappa shape index (κ3) is 2.93. The van der Waals surface area contributed by atoms with Gasteiger partial charge in [-0.05, 0) is 87.2 Å². The van der Waals surface area contributed by atoms with Crippen LogP contribution in [0, 0.1) is 5.92 Å². The van der Waals surface area contributed by atoms with E-state index in [9.17, 15) is 0 Å². The van der Waals surface area contributed by atoms with E-state index in [0.29, 0.717) is 5.41 Å². The van der Waals surface area contributed by atoms with Gasteiger partial charge in [-0.2, -0.15) is 0 Å². The van der Waals surface area contributed by atoms with Gasteiger partial charge in [-0.1, -0.05) is 25.0 Å². The third-order valence-corrected chi connectivity index (χ3v) is 7.26. The van der Waals surface area contributed by atoms with Crippen molar-refractivity contribution >= 4 is 0 Å². The predicted octanol–water partition coefficient (Wildman–Crippen LogP) is 5.11. The van der Waals surface area contributed by atoms with Gasteiger partial charge in [-0.15, -0.1) is 6.58 Å². The normalized spacial score (nSPS) is 31.1. The molecule has 0 aromatic heterocycles. The Kier molecular flexibility index (Phi) is 4.90. The maximum absolute atomic E-state index is 5.57. The van der Waals surface area contributed by atoms with Crippen LogP contribution in [-0.2, 0) is 11.8 Å². The van der Waals surface area contributed by atoms with Gasteiger partial charge in [0.05, 0.1) is 7.11 Å². The van der Waals surface area contributed by atoms with Crippen molar-refractivity contribution in [2.45, 2.75) is 69.2 Å². The lowest BCUT2D eigenvalue weighted by Gasteiger charge is -2.59. The molecule has 2 fully saturated rings. The molecule has 0 amide bonds. The Labute approximate surface area is 153 Å². The van der Waals surface area contributed by atoms with Crippen LogP contribution in [0.1, 0.15) is 62.5 Å². The molecule has 25 heavy (non-hydrogen) atoms. The number of allylic oxidation sites excluding steroid dienone is 1. The summed E-state index contributed by atoms with van der Waals surface area (Å²) in [6.45, 7) is 6.42. The summed E-state index contributed by atoms with van der Waals surface area (Å²) in [4.78, 5) is 2.84. The van der Waals surface area contributed by atoms with E-state index in [1.807, 2.05) is 0 Å². The molecule has 2 bridgehead atoms. The lowest BCUT2D eigenvalue weighted by Crippen LogP contribution is -2.61. The van der Waals surface area contributed by atoms with E-state index in [4.69, 9.17) is 4.74 Å². The van der Waals surface area contributed by atoms with E-state index in [2.05, 4.69) is 35.8 Å². The van der Waals surface area contributed by atoms with E-state index >= 15 is 0 Å². The van der Waals surface area contributed by atoms with Gasteiger partial charge in [-0.25, -0.2) is 0 Å². The number of nitrogens with zero attached hydrogens (tertiary/aromatic N) is 1. The van der Waals surface area contributed by atoms with Crippen LogP contribution in [0.4, 0.5) is 0 Å². The molecule has 4 rings (SSSR count). The first-order chi connectivity index (χ1) is 12.3. The predicted molar refractivity (Wildman–Crippen MR) is 104 cm³/mol. The molecule has 2 heteroatoms. The monoisotopic (exact) mass is 339 g/mol. The minimum Gasteiger partial charge on any atom is -0.497 e. The molecule has 0 N–H and O–H groups in total. The Morgan fingerprint density at radius 3 is 3.04 bits per heavy atom. The van der Waals surface area contributed by atoms with Crippen LogP contribution >= 0.6 is 0 Å². The van der Waals surface area contributed by atoms with Gasteiger partial charge in [-0.3, -0.25) is 4.90 Å². The lowest BCUT2D eigenvalue weighted by molar-refractivity contribution is -0.0119.